The molecule has 1 heteroatoms. The summed E-state index contributed by atoms with van der Waals surface area (Å²) in [6.45, 7) is 0. The maximum Gasteiger partial charge on any atom is 0.0462 e. The average Bonchev–Trinajstić information content (AvgIpc) is 3.50. The molecule has 0 atom stereocenters. The minimum absolute atomic E-state index is 1.08. The first-order valence-corrected chi connectivity index (χ1v) is 25.8. The topological polar surface area (TPSA) is 3.24 Å². The molecule has 0 unspecified atom stereocenters. The van der Waals surface area contributed by atoms with Crippen molar-refractivity contribution in [1.82, 2.24) is 0 Å². The summed E-state index contributed by atoms with van der Waals surface area (Å²) in [6.07, 6.45) is 0. The predicted octanol–water partition coefficient (Wildman–Crippen LogP) is 20.8. The van der Waals surface area contributed by atoms with E-state index in [4.69, 9.17) is 0 Å². The third kappa shape index (κ3) is 8.88. The fraction of sp³-hybridized carbons (Fsp3) is 0. The molecule has 0 saturated carbocycles. The second-order valence-corrected chi connectivity index (χ2v) is 19.2. The molecule has 0 aromatic heterocycles. The summed E-state index contributed by atoms with van der Waals surface area (Å²) in [5, 5.41) is 4.98. The first-order valence-electron chi connectivity index (χ1n) is 25.8. The summed E-state index contributed by atoms with van der Waals surface area (Å²) >= 11 is 0. The zero-order valence-electron chi connectivity index (χ0n) is 41.4. The summed E-state index contributed by atoms with van der Waals surface area (Å²) in [7, 11) is 0. The van der Waals surface area contributed by atoms with E-state index in [1.54, 1.807) is 0 Å². The normalized spacial score (nSPS) is 11.2. The molecular weight excluding hydrogens is 903 g/mol. The Labute approximate surface area is 439 Å². The third-order valence-electron chi connectivity index (χ3n) is 14.7. The highest BCUT2D eigenvalue weighted by molar-refractivity contribution is 6.22. The highest BCUT2D eigenvalue weighted by atomic mass is 15.1. The Balaban J connectivity index is 0.892. The smallest absolute Gasteiger partial charge is 0.0462 e. The van der Waals surface area contributed by atoms with Gasteiger partial charge < -0.3 is 4.90 Å². The van der Waals surface area contributed by atoms with Gasteiger partial charge in [0.15, 0.2) is 0 Å². The standard InChI is InChI=1S/C74H51N/c1-6-18-52(19-7-1)54-30-32-55(33-31-54)56-34-42-64(43-35-56)75(66-46-38-59(39-47-66)67-48-40-62(53-20-8-2-9-21-53)50-71(67)58-22-10-3-11-23-58)65-44-36-57(37-45-65)63-41-49-70-72(51-63)68-28-16-17-29-69(68)73(60-24-12-4-13-25-60)74(70)61-26-14-5-15-27-61/h1-51H. The maximum atomic E-state index is 2.39. The SMILES string of the molecule is c1ccc(-c2ccc(-c3ccc(N(c4ccc(-c5ccc6c(-c7ccccc7)c(-c7ccccc7)c7ccccc7c6c5)cc4)c4ccc(-c5ccc(-c6ccccc6)cc5-c5ccccc5)cc4)cc3)cc2)cc1. The molecule has 0 radical (unpaired) electrons. The van der Waals surface area contributed by atoms with Crippen LogP contribution in [0.4, 0.5) is 17.1 Å². The average molecular weight is 954 g/mol. The van der Waals surface area contributed by atoms with Gasteiger partial charge in [-0.05, 0) is 159 Å². The highest BCUT2D eigenvalue weighted by Gasteiger charge is 2.20. The van der Waals surface area contributed by atoms with Gasteiger partial charge in [-0.25, -0.2) is 0 Å². The molecule has 352 valence electrons. The van der Waals surface area contributed by atoms with Crippen LogP contribution in [0.5, 0.6) is 0 Å². The van der Waals surface area contributed by atoms with Crippen LogP contribution < -0.4 is 4.90 Å². The number of hydrogen-bond acceptors (Lipinski definition) is 1. The summed E-state index contributed by atoms with van der Waals surface area (Å²) in [5.41, 5.74) is 22.5. The van der Waals surface area contributed by atoms with Crippen LogP contribution in [0.1, 0.15) is 0 Å². The van der Waals surface area contributed by atoms with Gasteiger partial charge in [-0.2, -0.15) is 0 Å². The fourth-order valence-electron chi connectivity index (χ4n) is 11.0. The molecule has 0 aliphatic rings. The van der Waals surface area contributed by atoms with Crippen molar-refractivity contribution < 1.29 is 0 Å². The van der Waals surface area contributed by atoms with Gasteiger partial charge in [0, 0.05) is 17.1 Å². The van der Waals surface area contributed by atoms with E-state index in [1.165, 1.54) is 99.4 Å². The van der Waals surface area contributed by atoms with Crippen LogP contribution in [0, 0.1) is 0 Å². The summed E-state index contributed by atoms with van der Waals surface area (Å²) in [6, 6.07) is 112. The van der Waals surface area contributed by atoms with E-state index < -0.39 is 0 Å². The zero-order chi connectivity index (χ0) is 49.9. The Kier molecular flexibility index (Phi) is 12.0. The number of benzene rings is 13. The molecule has 13 rings (SSSR count). The Morgan fingerprint density at radius 1 is 0.160 bits per heavy atom. The molecule has 13 aromatic carbocycles. The summed E-state index contributed by atoms with van der Waals surface area (Å²) in [5.74, 6) is 0. The molecule has 0 spiro atoms. The molecule has 0 N–H and O–H groups in total. The van der Waals surface area contributed by atoms with Crippen LogP contribution in [0.25, 0.3) is 111 Å². The van der Waals surface area contributed by atoms with Gasteiger partial charge in [-0.15, -0.1) is 0 Å². The molecule has 0 saturated heterocycles. The molecule has 0 aliphatic heterocycles. The lowest BCUT2D eigenvalue weighted by Gasteiger charge is -2.26. The second-order valence-electron chi connectivity index (χ2n) is 19.2. The van der Waals surface area contributed by atoms with Crippen molar-refractivity contribution in [3.8, 4) is 89.0 Å². The first kappa shape index (κ1) is 45.1. The van der Waals surface area contributed by atoms with Crippen molar-refractivity contribution in [2.75, 3.05) is 4.90 Å². The molecule has 0 bridgehead atoms. The molecule has 0 aliphatic carbocycles. The maximum absolute atomic E-state index is 2.39. The minimum atomic E-state index is 1.08. The number of anilines is 3. The zero-order valence-corrected chi connectivity index (χ0v) is 41.4. The lowest BCUT2D eigenvalue weighted by Crippen LogP contribution is -2.09. The van der Waals surface area contributed by atoms with Crippen molar-refractivity contribution in [3.63, 3.8) is 0 Å². The van der Waals surface area contributed by atoms with Crippen molar-refractivity contribution in [2.24, 2.45) is 0 Å². The van der Waals surface area contributed by atoms with E-state index in [9.17, 15) is 0 Å². The van der Waals surface area contributed by atoms with Crippen LogP contribution in [-0.2, 0) is 0 Å². The van der Waals surface area contributed by atoms with Gasteiger partial charge >= 0.3 is 0 Å². The molecular formula is C74H51N. The first-order chi connectivity index (χ1) is 37.2. The molecule has 0 amide bonds. The van der Waals surface area contributed by atoms with Gasteiger partial charge in [-0.3, -0.25) is 0 Å². The molecule has 0 heterocycles. The van der Waals surface area contributed by atoms with E-state index >= 15 is 0 Å². The summed E-state index contributed by atoms with van der Waals surface area (Å²) < 4.78 is 0. The van der Waals surface area contributed by atoms with Crippen LogP contribution in [0.3, 0.4) is 0 Å². The van der Waals surface area contributed by atoms with Crippen LogP contribution in [0.15, 0.2) is 309 Å². The van der Waals surface area contributed by atoms with Gasteiger partial charge in [-0.1, -0.05) is 261 Å². The van der Waals surface area contributed by atoms with Crippen molar-refractivity contribution in [1.29, 1.82) is 0 Å². The van der Waals surface area contributed by atoms with Crippen molar-refractivity contribution in [2.45, 2.75) is 0 Å². The number of hydrogen-bond donors (Lipinski definition) is 0. The lowest BCUT2D eigenvalue weighted by molar-refractivity contribution is 1.28. The molecule has 1 nitrogen and oxygen atoms in total. The summed E-state index contributed by atoms with van der Waals surface area (Å²) in [4.78, 5) is 2.37. The van der Waals surface area contributed by atoms with Crippen LogP contribution in [-0.4, -0.2) is 0 Å². The third-order valence-corrected chi connectivity index (χ3v) is 14.7. The fourth-order valence-corrected chi connectivity index (χ4v) is 11.0. The Morgan fingerprint density at radius 2 is 0.453 bits per heavy atom. The molecule has 75 heavy (non-hydrogen) atoms. The van der Waals surface area contributed by atoms with Gasteiger partial charge in [0.2, 0.25) is 0 Å². The van der Waals surface area contributed by atoms with Crippen LogP contribution >= 0.6 is 0 Å². The highest BCUT2D eigenvalue weighted by Crippen LogP contribution is 2.46. The van der Waals surface area contributed by atoms with Crippen LogP contribution in [0.2, 0.25) is 0 Å². The van der Waals surface area contributed by atoms with Gasteiger partial charge in [0.1, 0.15) is 0 Å². The number of rotatable bonds is 11. The number of fused-ring (bicyclic) bond motifs is 3. The van der Waals surface area contributed by atoms with Gasteiger partial charge in [0.05, 0.1) is 0 Å². The van der Waals surface area contributed by atoms with E-state index in [0.29, 0.717) is 0 Å². The Bertz CT molecular complexity index is 4080. The predicted molar refractivity (Wildman–Crippen MR) is 320 cm³/mol. The number of nitrogens with zero attached hydrogens (tertiary/aromatic N) is 1. The minimum Gasteiger partial charge on any atom is -0.311 e. The van der Waals surface area contributed by atoms with Crippen molar-refractivity contribution in [3.05, 3.63) is 309 Å². The van der Waals surface area contributed by atoms with Crippen molar-refractivity contribution >= 4 is 38.6 Å². The molecule has 13 aromatic rings. The second kappa shape index (κ2) is 20.0. The molecule has 0 fully saturated rings. The van der Waals surface area contributed by atoms with E-state index in [1.807, 2.05) is 0 Å². The quantitative estimate of drug-likeness (QED) is 0.117. The monoisotopic (exact) mass is 953 g/mol. The van der Waals surface area contributed by atoms with Gasteiger partial charge in [0.25, 0.3) is 0 Å². The lowest BCUT2D eigenvalue weighted by atomic mass is 9.84. The Morgan fingerprint density at radius 3 is 0.933 bits per heavy atom. The van der Waals surface area contributed by atoms with E-state index in [0.717, 1.165) is 28.2 Å². The largest absolute Gasteiger partial charge is 0.311 e. The Hall–Kier alpha value is -9.82. The van der Waals surface area contributed by atoms with E-state index in [-0.39, 0.29) is 0 Å². The van der Waals surface area contributed by atoms with E-state index in [2.05, 4.69) is 314 Å².